The van der Waals surface area contributed by atoms with Gasteiger partial charge in [-0.1, -0.05) is 0 Å². The van der Waals surface area contributed by atoms with Crippen LogP contribution in [-0.4, -0.2) is 33.4 Å². The maximum absolute atomic E-state index is 5.81. The van der Waals surface area contributed by atoms with Gasteiger partial charge in [-0.3, -0.25) is 0 Å². The molecule has 2 heterocycles. The summed E-state index contributed by atoms with van der Waals surface area (Å²) in [5, 5.41) is 11.9. The van der Waals surface area contributed by atoms with Crippen molar-refractivity contribution >= 4 is 11.4 Å². The quantitative estimate of drug-likeness (QED) is 0.804. The van der Waals surface area contributed by atoms with Gasteiger partial charge in [0.2, 0.25) is 0 Å². The van der Waals surface area contributed by atoms with Crippen molar-refractivity contribution in [1.82, 2.24) is 20.2 Å². The number of rotatable bonds is 4. The molecule has 0 saturated carbocycles. The minimum absolute atomic E-state index is 0.595. The molecule has 0 amide bonds. The summed E-state index contributed by atoms with van der Waals surface area (Å²) in [6.45, 7) is 2.46. The van der Waals surface area contributed by atoms with E-state index >= 15 is 0 Å². The topological polar surface area (TPSA) is 105 Å². The van der Waals surface area contributed by atoms with Crippen LogP contribution in [0.2, 0.25) is 0 Å². The second kappa shape index (κ2) is 5.46. The summed E-state index contributed by atoms with van der Waals surface area (Å²) in [6, 6.07) is 5.38. The number of hydrogen-bond acceptors (Lipinski definition) is 6. The number of aryl methyl sites for hydroxylation is 1. The number of hydrogen-bond donors (Lipinski definition) is 2. The molecule has 106 valence electrons. The highest BCUT2D eigenvalue weighted by atomic mass is 16.5. The number of ether oxygens (including phenoxy) is 1. The Morgan fingerprint density at radius 1 is 1.25 bits per heavy atom. The highest BCUT2D eigenvalue weighted by Crippen LogP contribution is 2.23. The molecule has 4 N–H and O–H groups in total. The lowest BCUT2D eigenvalue weighted by molar-refractivity contribution is 0.183. The van der Waals surface area contributed by atoms with Crippen molar-refractivity contribution in [3.05, 3.63) is 18.2 Å². The zero-order valence-electron chi connectivity index (χ0n) is 11.2. The molecule has 1 aliphatic rings. The van der Waals surface area contributed by atoms with E-state index in [4.69, 9.17) is 16.2 Å². The fourth-order valence-corrected chi connectivity index (χ4v) is 2.48. The van der Waals surface area contributed by atoms with Crippen LogP contribution in [-0.2, 0) is 11.3 Å². The highest BCUT2D eigenvalue weighted by molar-refractivity contribution is 5.67. The summed E-state index contributed by atoms with van der Waals surface area (Å²) in [5.74, 6) is 1.29. The predicted octanol–water partition coefficient (Wildman–Crippen LogP) is 0.931. The third kappa shape index (κ3) is 2.72. The van der Waals surface area contributed by atoms with Crippen LogP contribution in [0, 0.1) is 5.92 Å². The number of aromatic nitrogens is 4. The fourth-order valence-electron chi connectivity index (χ4n) is 2.48. The summed E-state index contributed by atoms with van der Waals surface area (Å²) in [4.78, 5) is 0. The molecule has 7 heteroatoms. The zero-order chi connectivity index (χ0) is 13.9. The number of tetrazole rings is 1. The van der Waals surface area contributed by atoms with Crippen LogP contribution in [0.5, 0.6) is 0 Å². The van der Waals surface area contributed by atoms with E-state index in [1.54, 1.807) is 10.7 Å². The molecule has 20 heavy (non-hydrogen) atoms. The van der Waals surface area contributed by atoms with E-state index < -0.39 is 0 Å². The monoisotopic (exact) mass is 274 g/mol. The highest BCUT2D eigenvalue weighted by Gasteiger charge is 2.17. The molecular formula is C13H18N6O. The number of anilines is 2. The zero-order valence-corrected chi connectivity index (χ0v) is 11.2. The number of nitrogen functional groups attached to an aromatic ring is 2. The number of nitrogens with two attached hydrogens (primary N) is 2. The fraction of sp³-hybridized carbons (Fsp3) is 0.462. The minimum Gasteiger partial charge on any atom is -0.399 e. The Morgan fingerprint density at radius 3 is 2.75 bits per heavy atom. The molecular weight excluding hydrogens is 256 g/mol. The Kier molecular flexibility index (Phi) is 3.51. The molecule has 1 fully saturated rings. The van der Waals surface area contributed by atoms with Crippen molar-refractivity contribution in [3.8, 4) is 11.4 Å². The molecule has 3 rings (SSSR count). The van der Waals surface area contributed by atoms with Gasteiger partial charge in [0, 0.05) is 36.7 Å². The lowest BCUT2D eigenvalue weighted by Crippen LogP contribution is -2.09. The Hall–Kier alpha value is -2.15. The van der Waals surface area contributed by atoms with Gasteiger partial charge in [0.1, 0.15) is 0 Å². The Balaban J connectivity index is 1.78. The summed E-state index contributed by atoms with van der Waals surface area (Å²) in [6.07, 6.45) is 2.12. The first-order valence-electron chi connectivity index (χ1n) is 6.72. The maximum atomic E-state index is 5.81. The van der Waals surface area contributed by atoms with Crippen LogP contribution in [0.1, 0.15) is 12.8 Å². The molecule has 0 radical (unpaired) electrons. The third-order valence-electron chi connectivity index (χ3n) is 3.54. The van der Waals surface area contributed by atoms with Crippen LogP contribution < -0.4 is 11.5 Å². The van der Waals surface area contributed by atoms with Crippen molar-refractivity contribution in [1.29, 1.82) is 0 Å². The summed E-state index contributed by atoms with van der Waals surface area (Å²) < 4.78 is 7.18. The number of nitrogens with zero attached hydrogens (tertiary/aromatic N) is 4. The van der Waals surface area contributed by atoms with E-state index in [1.807, 2.05) is 12.1 Å². The van der Waals surface area contributed by atoms with Gasteiger partial charge >= 0.3 is 0 Å². The Labute approximate surface area is 116 Å². The summed E-state index contributed by atoms with van der Waals surface area (Å²) in [5.41, 5.74) is 13.7. The average molecular weight is 274 g/mol. The van der Waals surface area contributed by atoms with E-state index in [0.29, 0.717) is 23.1 Å². The largest absolute Gasteiger partial charge is 0.399 e. The van der Waals surface area contributed by atoms with E-state index in [-0.39, 0.29) is 0 Å². The summed E-state index contributed by atoms with van der Waals surface area (Å²) >= 11 is 0. The van der Waals surface area contributed by atoms with Gasteiger partial charge in [-0.15, -0.1) is 5.10 Å². The van der Waals surface area contributed by atoms with E-state index in [2.05, 4.69) is 15.5 Å². The first-order valence-corrected chi connectivity index (χ1v) is 6.72. The van der Waals surface area contributed by atoms with Crippen LogP contribution in [0.4, 0.5) is 11.4 Å². The minimum atomic E-state index is 0.595. The van der Waals surface area contributed by atoms with Gasteiger partial charge in [0.25, 0.3) is 0 Å². The molecule has 0 bridgehead atoms. The average Bonchev–Trinajstić information content (AvgIpc) is 3.06. The lowest BCUT2D eigenvalue weighted by Gasteiger charge is -2.09. The molecule has 1 aromatic carbocycles. The molecule has 1 saturated heterocycles. The third-order valence-corrected chi connectivity index (χ3v) is 3.54. The molecule has 2 aromatic rings. The maximum Gasteiger partial charge on any atom is 0.182 e. The molecule has 0 spiro atoms. The number of benzene rings is 1. The second-order valence-corrected chi connectivity index (χ2v) is 5.13. The predicted molar refractivity (Wildman–Crippen MR) is 75.6 cm³/mol. The van der Waals surface area contributed by atoms with E-state index in [9.17, 15) is 0 Å². The van der Waals surface area contributed by atoms with E-state index in [1.165, 1.54) is 0 Å². The standard InChI is InChI=1S/C13H18N6O/c14-11-5-10(6-12(15)7-11)13-16-17-18-19(13)3-1-9-2-4-20-8-9/h5-7,9H,1-4,8,14-15H2. The van der Waals surface area contributed by atoms with Gasteiger partial charge in [0.15, 0.2) is 5.82 Å². The molecule has 7 nitrogen and oxygen atoms in total. The first kappa shape index (κ1) is 12.9. The molecule has 1 aliphatic heterocycles. The van der Waals surface area contributed by atoms with Crippen molar-refractivity contribution in [3.63, 3.8) is 0 Å². The van der Waals surface area contributed by atoms with Crippen molar-refractivity contribution in [2.75, 3.05) is 24.7 Å². The van der Waals surface area contributed by atoms with Gasteiger partial charge in [0.05, 0.1) is 0 Å². The lowest BCUT2D eigenvalue weighted by atomic mass is 10.1. The molecule has 1 aromatic heterocycles. The Bertz CT molecular complexity index is 570. The first-order chi connectivity index (χ1) is 9.72. The normalized spacial score (nSPS) is 18.5. The van der Waals surface area contributed by atoms with Crippen LogP contribution in [0.25, 0.3) is 11.4 Å². The van der Waals surface area contributed by atoms with Crippen molar-refractivity contribution < 1.29 is 4.74 Å². The Morgan fingerprint density at radius 2 is 2.05 bits per heavy atom. The van der Waals surface area contributed by atoms with Crippen LogP contribution in [0.3, 0.4) is 0 Å². The van der Waals surface area contributed by atoms with E-state index in [0.717, 1.165) is 38.2 Å². The van der Waals surface area contributed by atoms with Gasteiger partial charge in [-0.2, -0.15) is 0 Å². The SMILES string of the molecule is Nc1cc(N)cc(-c2nnnn2CCC2CCOC2)c1. The molecule has 1 unspecified atom stereocenters. The van der Waals surface area contributed by atoms with Crippen LogP contribution in [0.15, 0.2) is 18.2 Å². The second-order valence-electron chi connectivity index (χ2n) is 5.13. The summed E-state index contributed by atoms with van der Waals surface area (Å²) in [7, 11) is 0. The van der Waals surface area contributed by atoms with Crippen LogP contribution >= 0.6 is 0 Å². The van der Waals surface area contributed by atoms with Gasteiger partial charge in [-0.25, -0.2) is 4.68 Å². The van der Waals surface area contributed by atoms with Crippen molar-refractivity contribution in [2.24, 2.45) is 5.92 Å². The smallest absolute Gasteiger partial charge is 0.182 e. The van der Waals surface area contributed by atoms with Gasteiger partial charge < -0.3 is 16.2 Å². The molecule has 1 atom stereocenters. The molecule has 0 aliphatic carbocycles. The van der Waals surface area contributed by atoms with Gasteiger partial charge in [-0.05, 0) is 47.4 Å². The van der Waals surface area contributed by atoms with Crippen molar-refractivity contribution in [2.45, 2.75) is 19.4 Å².